The Kier molecular flexibility index (Phi) is 6.84. The van der Waals surface area contributed by atoms with Crippen molar-refractivity contribution in [2.24, 2.45) is 0 Å². The van der Waals surface area contributed by atoms with Gasteiger partial charge in [0.15, 0.2) is 0 Å². The van der Waals surface area contributed by atoms with Crippen LogP contribution in [0, 0.1) is 5.82 Å². The van der Waals surface area contributed by atoms with Gasteiger partial charge < -0.3 is 20.0 Å². The van der Waals surface area contributed by atoms with E-state index in [1.54, 1.807) is 34.1 Å². The highest BCUT2D eigenvalue weighted by Gasteiger charge is 2.54. The Morgan fingerprint density at radius 3 is 2.32 bits per heavy atom. The van der Waals surface area contributed by atoms with Crippen molar-refractivity contribution < 1.29 is 18.8 Å². The van der Waals surface area contributed by atoms with Gasteiger partial charge in [-0.25, -0.2) is 4.39 Å². The number of anilines is 2. The lowest BCUT2D eigenvalue weighted by molar-refractivity contribution is -0.136. The largest absolute Gasteiger partial charge is 0.339 e. The molecule has 2 aliphatic heterocycles. The molecule has 0 saturated carbocycles. The smallest absolute Gasteiger partial charge is 0.253 e. The van der Waals surface area contributed by atoms with Gasteiger partial charge in [0, 0.05) is 35.1 Å². The van der Waals surface area contributed by atoms with E-state index in [0.29, 0.717) is 42.2 Å². The molecule has 1 spiro atoms. The monoisotopic (exact) mass is 520 g/mol. The molecule has 0 atom stereocenters. The minimum absolute atomic E-state index is 0.121. The van der Waals surface area contributed by atoms with Crippen LogP contribution in [0.4, 0.5) is 15.8 Å². The zero-order valence-electron chi connectivity index (χ0n) is 20.1. The van der Waals surface area contributed by atoms with Gasteiger partial charge in [0.05, 0.1) is 6.67 Å². The molecule has 3 aromatic carbocycles. The number of piperidine rings is 1. The number of hydrogen-bond acceptors (Lipinski definition) is 4. The van der Waals surface area contributed by atoms with Crippen LogP contribution in [0.5, 0.6) is 0 Å². The third-order valence-electron chi connectivity index (χ3n) is 6.99. The lowest BCUT2D eigenvalue weighted by Crippen LogP contribution is -2.57. The van der Waals surface area contributed by atoms with Crippen molar-refractivity contribution in [3.8, 4) is 0 Å². The van der Waals surface area contributed by atoms with Crippen LogP contribution in [0.25, 0.3) is 0 Å². The van der Waals surface area contributed by atoms with Crippen LogP contribution in [0.2, 0.25) is 5.02 Å². The molecule has 190 valence electrons. The van der Waals surface area contributed by atoms with E-state index >= 15 is 0 Å². The maximum Gasteiger partial charge on any atom is 0.253 e. The van der Waals surface area contributed by atoms with E-state index in [0.717, 1.165) is 5.69 Å². The highest BCUT2D eigenvalue weighted by molar-refractivity contribution is 6.31. The van der Waals surface area contributed by atoms with Crippen LogP contribution in [0.15, 0.2) is 78.9 Å². The van der Waals surface area contributed by atoms with Gasteiger partial charge in [-0.15, -0.1) is 0 Å². The Labute approximate surface area is 219 Å². The zero-order valence-corrected chi connectivity index (χ0v) is 20.8. The molecule has 2 heterocycles. The van der Waals surface area contributed by atoms with Gasteiger partial charge in [-0.05, 0) is 67.4 Å². The molecule has 0 radical (unpaired) electrons. The molecule has 3 amide bonds. The van der Waals surface area contributed by atoms with E-state index in [2.05, 4.69) is 5.32 Å². The summed E-state index contributed by atoms with van der Waals surface area (Å²) >= 11 is 6.07. The first-order chi connectivity index (χ1) is 17.9. The third-order valence-corrected chi connectivity index (χ3v) is 7.23. The summed E-state index contributed by atoms with van der Waals surface area (Å²) in [7, 11) is 0. The number of nitrogens with zero attached hydrogens (tertiary/aromatic N) is 3. The van der Waals surface area contributed by atoms with Crippen LogP contribution < -0.4 is 10.2 Å². The SMILES string of the molecule is O=C(CN1CN(c2ccccc2)C2(CCN(C(=O)c3cccc(Cl)c3)CC2)C1=O)Nc1ccc(F)cc1. The number of hydrogen-bond donors (Lipinski definition) is 1. The normalized spacial score (nSPS) is 16.8. The fraction of sp³-hybridized carbons (Fsp3) is 0.250. The average Bonchev–Trinajstić information content (AvgIpc) is 3.16. The molecule has 2 fully saturated rings. The second-order valence-corrected chi connectivity index (χ2v) is 9.73. The van der Waals surface area contributed by atoms with Crippen LogP contribution >= 0.6 is 11.6 Å². The Balaban J connectivity index is 1.33. The summed E-state index contributed by atoms with van der Waals surface area (Å²) in [5.74, 6) is -1.02. The summed E-state index contributed by atoms with van der Waals surface area (Å²) in [5, 5.41) is 3.22. The van der Waals surface area contributed by atoms with Gasteiger partial charge in [0.25, 0.3) is 11.8 Å². The summed E-state index contributed by atoms with van der Waals surface area (Å²) in [6.07, 6.45) is 0.867. The van der Waals surface area contributed by atoms with Gasteiger partial charge in [-0.2, -0.15) is 0 Å². The highest BCUT2D eigenvalue weighted by atomic mass is 35.5. The number of nitrogens with one attached hydrogen (secondary N) is 1. The molecule has 0 aliphatic carbocycles. The Hall–Kier alpha value is -3.91. The summed E-state index contributed by atoms with van der Waals surface area (Å²) in [6.45, 7) is 0.917. The molecule has 7 nitrogen and oxygen atoms in total. The number of rotatable bonds is 5. The summed E-state index contributed by atoms with van der Waals surface area (Å²) in [4.78, 5) is 45.0. The van der Waals surface area contributed by atoms with E-state index in [-0.39, 0.29) is 30.9 Å². The van der Waals surface area contributed by atoms with Crippen molar-refractivity contribution in [1.29, 1.82) is 0 Å². The van der Waals surface area contributed by atoms with Gasteiger partial charge in [-0.3, -0.25) is 14.4 Å². The van der Waals surface area contributed by atoms with E-state index in [9.17, 15) is 18.8 Å². The van der Waals surface area contributed by atoms with Gasteiger partial charge in [-0.1, -0.05) is 35.9 Å². The molecule has 0 unspecified atom stereocenters. The van der Waals surface area contributed by atoms with Gasteiger partial charge in [0.1, 0.15) is 17.9 Å². The van der Waals surface area contributed by atoms with E-state index < -0.39 is 11.4 Å². The fourth-order valence-electron chi connectivity index (χ4n) is 5.11. The lowest BCUT2D eigenvalue weighted by atomic mass is 9.85. The van der Waals surface area contributed by atoms with Crippen molar-refractivity contribution in [3.63, 3.8) is 0 Å². The molecule has 2 saturated heterocycles. The van der Waals surface area contributed by atoms with Crippen molar-refractivity contribution in [2.45, 2.75) is 18.4 Å². The maximum atomic E-state index is 13.8. The maximum absolute atomic E-state index is 13.8. The first kappa shape index (κ1) is 24.8. The fourth-order valence-corrected chi connectivity index (χ4v) is 5.30. The van der Waals surface area contributed by atoms with Crippen LogP contribution in [-0.2, 0) is 9.59 Å². The van der Waals surface area contributed by atoms with E-state index in [1.807, 2.05) is 35.2 Å². The molecular weight excluding hydrogens is 495 g/mol. The van der Waals surface area contributed by atoms with Gasteiger partial charge >= 0.3 is 0 Å². The molecule has 5 rings (SSSR count). The molecular formula is C28H26ClFN4O3. The molecule has 9 heteroatoms. The second-order valence-electron chi connectivity index (χ2n) is 9.30. The molecule has 0 aromatic heterocycles. The molecule has 3 aromatic rings. The zero-order chi connectivity index (χ0) is 26.0. The number of likely N-dealkylation sites (tertiary alicyclic amines) is 1. The predicted octanol–water partition coefficient (Wildman–Crippen LogP) is 4.40. The standard InChI is InChI=1S/C28H26ClFN4O3/c29-21-6-4-5-20(17-21)26(36)32-15-13-28(14-16-32)27(37)33(19-34(28)24-7-2-1-3-8-24)18-25(35)31-23-11-9-22(30)10-12-23/h1-12,17H,13-16,18-19H2,(H,31,35). The van der Waals surface area contributed by atoms with Crippen LogP contribution in [-0.4, -0.2) is 59.4 Å². The van der Waals surface area contributed by atoms with Crippen molar-refractivity contribution in [3.05, 3.63) is 95.3 Å². The number of carbonyl (C=O) groups excluding carboxylic acids is 3. The van der Waals surface area contributed by atoms with Crippen LogP contribution in [0.1, 0.15) is 23.2 Å². The lowest BCUT2D eigenvalue weighted by Gasteiger charge is -2.43. The number of benzene rings is 3. The number of para-hydroxylation sites is 1. The third kappa shape index (κ3) is 5.02. The minimum Gasteiger partial charge on any atom is -0.339 e. The Morgan fingerprint density at radius 1 is 0.946 bits per heavy atom. The Morgan fingerprint density at radius 2 is 1.65 bits per heavy atom. The van der Waals surface area contributed by atoms with Crippen LogP contribution in [0.3, 0.4) is 0 Å². The minimum atomic E-state index is -0.859. The first-order valence-corrected chi connectivity index (χ1v) is 12.5. The van der Waals surface area contributed by atoms with Crippen molar-refractivity contribution in [2.75, 3.05) is 36.5 Å². The summed E-state index contributed by atoms with van der Waals surface area (Å²) in [5.41, 5.74) is 0.996. The molecule has 1 N–H and O–H groups in total. The molecule has 2 aliphatic rings. The number of halogens is 2. The molecule has 37 heavy (non-hydrogen) atoms. The molecule has 0 bridgehead atoms. The summed E-state index contributed by atoms with van der Waals surface area (Å²) < 4.78 is 13.2. The Bertz CT molecular complexity index is 1310. The topological polar surface area (TPSA) is 73.0 Å². The van der Waals surface area contributed by atoms with Gasteiger partial charge in [0.2, 0.25) is 5.91 Å². The van der Waals surface area contributed by atoms with E-state index in [1.165, 1.54) is 24.3 Å². The number of amides is 3. The first-order valence-electron chi connectivity index (χ1n) is 12.1. The quantitative estimate of drug-likeness (QED) is 0.541. The summed E-state index contributed by atoms with van der Waals surface area (Å²) in [6, 6.07) is 22.0. The second kappa shape index (κ2) is 10.2. The predicted molar refractivity (Wildman–Crippen MR) is 140 cm³/mol. The van der Waals surface area contributed by atoms with Crippen molar-refractivity contribution >= 4 is 40.7 Å². The average molecular weight is 521 g/mol. The highest BCUT2D eigenvalue weighted by Crippen LogP contribution is 2.39. The van der Waals surface area contributed by atoms with E-state index in [4.69, 9.17) is 11.6 Å². The number of carbonyl (C=O) groups is 3. The van der Waals surface area contributed by atoms with Crippen molar-refractivity contribution in [1.82, 2.24) is 9.80 Å².